The predicted octanol–water partition coefficient (Wildman–Crippen LogP) is 3.54. The summed E-state index contributed by atoms with van der Waals surface area (Å²) in [5.41, 5.74) is 0.605. The Hall–Kier alpha value is -2.56. The predicted molar refractivity (Wildman–Crippen MR) is 131 cm³/mol. The van der Waals surface area contributed by atoms with Crippen LogP contribution in [-0.2, 0) is 18.6 Å². The van der Waals surface area contributed by atoms with Crippen LogP contribution >= 0.6 is 0 Å². The van der Waals surface area contributed by atoms with Gasteiger partial charge in [-0.15, -0.1) is 0 Å². The Bertz CT molecular complexity index is 1010. The lowest BCUT2D eigenvalue weighted by atomic mass is 10.1. The highest BCUT2D eigenvalue weighted by molar-refractivity contribution is 6.74. The van der Waals surface area contributed by atoms with E-state index in [-0.39, 0.29) is 23.8 Å². The van der Waals surface area contributed by atoms with Crippen LogP contribution in [-0.4, -0.2) is 67.8 Å². The maximum atomic E-state index is 12.7. The average molecular weight is 503 g/mol. The quantitative estimate of drug-likeness (QED) is 0.417. The van der Waals surface area contributed by atoms with E-state index in [2.05, 4.69) is 0 Å². The Labute approximate surface area is 206 Å². The van der Waals surface area contributed by atoms with Crippen LogP contribution in [0.15, 0.2) is 60.7 Å². The molecule has 0 bridgehead atoms. The normalized spacial score (nSPS) is 24.7. The van der Waals surface area contributed by atoms with Crippen LogP contribution in [0.1, 0.15) is 41.5 Å². The lowest BCUT2D eigenvalue weighted by Crippen LogP contribution is -2.52. The standard InChI is InChI=1S/C26H34O8Si/c1-25(2,3)35(4,5)32-17-26(30)22(27)21(33-24(29)19-14-10-7-11-15-19)20(34-26)16-31-23(28)18-12-8-6-9-13-18/h6-15,20-22,27,30H,16-17H2,1-5H3/t20-,21-,22+,26-/m1/s1. The lowest BCUT2D eigenvalue weighted by molar-refractivity contribution is -0.245. The van der Waals surface area contributed by atoms with E-state index in [4.69, 9.17) is 18.6 Å². The van der Waals surface area contributed by atoms with Gasteiger partial charge in [-0.2, -0.15) is 0 Å². The summed E-state index contributed by atoms with van der Waals surface area (Å²) in [6.45, 7) is 9.48. The minimum Gasteiger partial charge on any atom is -0.459 e. The molecule has 2 aromatic carbocycles. The number of benzene rings is 2. The molecule has 8 nitrogen and oxygen atoms in total. The van der Waals surface area contributed by atoms with E-state index < -0.39 is 44.4 Å². The van der Waals surface area contributed by atoms with Crippen LogP contribution in [0.5, 0.6) is 0 Å². The Morgan fingerprint density at radius 2 is 1.49 bits per heavy atom. The zero-order valence-electron chi connectivity index (χ0n) is 20.8. The maximum Gasteiger partial charge on any atom is 0.338 e. The van der Waals surface area contributed by atoms with Crippen LogP contribution in [0.3, 0.4) is 0 Å². The summed E-state index contributed by atoms with van der Waals surface area (Å²) in [5.74, 6) is -3.46. The van der Waals surface area contributed by atoms with Gasteiger partial charge in [0.15, 0.2) is 14.4 Å². The molecule has 0 unspecified atom stereocenters. The molecule has 4 atom stereocenters. The van der Waals surface area contributed by atoms with E-state index in [0.29, 0.717) is 5.56 Å². The van der Waals surface area contributed by atoms with Gasteiger partial charge in [-0.3, -0.25) is 0 Å². The van der Waals surface area contributed by atoms with Crippen molar-refractivity contribution in [3.63, 3.8) is 0 Å². The molecule has 0 aromatic heterocycles. The summed E-state index contributed by atoms with van der Waals surface area (Å²) >= 11 is 0. The van der Waals surface area contributed by atoms with Crippen LogP contribution in [0.4, 0.5) is 0 Å². The van der Waals surface area contributed by atoms with E-state index >= 15 is 0 Å². The molecular weight excluding hydrogens is 468 g/mol. The molecule has 1 fully saturated rings. The molecule has 3 rings (SSSR count). The van der Waals surface area contributed by atoms with E-state index in [0.717, 1.165) is 0 Å². The number of aliphatic hydroxyl groups is 2. The fourth-order valence-corrected chi connectivity index (χ4v) is 4.33. The van der Waals surface area contributed by atoms with Crippen molar-refractivity contribution in [3.8, 4) is 0 Å². The number of ether oxygens (including phenoxy) is 3. The topological polar surface area (TPSA) is 112 Å². The molecule has 0 spiro atoms. The largest absolute Gasteiger partial charge is 0.459 e. The van der Waals surface area contributed by atoms with Crippen molar-refractivity contribution in [1.82, 2.24) is 0 Å². The smallest absolute Gasteiger partial charge is 0.338 e. The van der Waals surface area contributed by atoms with E-state index in [1.807, 2.05) is 33.9 Å². The molecule has 190 valence electrons. The van der Waals surface area contributed by atoms with Crippen LogP contribution in [0.2, 0.25) is 18.1 Å². The highest BCUT2D eigenvalue weighted by atomic mass is 28.4. The zero-order valence-corrected chi connectivity index (χ0v) is 21.8. The van der Waals surface area contributed by atoms with Crippen molar-refractivity contribution < 1.29 is 38.4 Å². The molecule has 35 heavy (non-hydrogen) atoms. The van der Waals surface area contributed by atoms with E-state index in [1.54, 1.807) is 60.7 Å². The number of aliphatic hydroxyl groups excluding tert-OH is 1. The van der Waals surface area contributed by atoms with Gasteiger partial charge in [-0.1, -0.05) is 57.2 Å². The first-order chi connectivity index (χ1) is 16.3. The fourth-order valence-electron chi connectivity index (χ4n) is 3.33. The minimum atomic E-state index is -2.30. The first-order valence-electron chi connectivity index (χ1n) is 11.5. The molecule has 1 saturated heterocycles. The third kappa shape index (κ3) is 6.36. The number of rotatable bonds is 8. The lowest BCUT2D eigenvalue weighted by Gasteiger charge is -2.38. The first-order valence-corrected chi connectivity index (χ1v) is 14.5. The van der Waals surface area contributed by atoms with Gasteiger partial charge in [0.05, 0.1) is 17.7 Å². The van der Waals surface area contributed by atoms with Crippen molar-refractivity contribution in [1.29, 1.82) is 0 Å². The zero-order chi connectivity index (χ0) is 25.9. The van der Waals surface area contributed by atoms with Crippen molar-refractivity contribution in [2.45, 2.75) is 63.0 Å². The molecule has 0 saturated carbocycles. The molecule has 1 aliphatic heterocycles. The summed E-state index contributed by atoms with van der Waals surface area (Å²) in [6, 6.07) is 16.6. The van der Waals surface area contributed by atoms with E-state index in [9.17, 15) is 19.8 Å². The van der Waals surface area contributed by atoms with Gasteiger partial charge < -0.3 is 28.8 Å². The van der Waals surface area contributed by atoms with E-state index in [1.165, 1.54) is 0 Å². The van der Waals surface area contributed by atoms with Crippen molar-refractivity contribution >= 4 is 20.3 Å². The maximum absolute atomic E-state index is 12.7. The summed E-state index contributed by atoms with van der Waals surface area (Å²) in [6.07, 6.45) is -4.03. The number of esters is 2. The highest BCUT2D eigenvalue weighted by Crippen LogP contribution is 2.39. The third-order valence-electron chi connectivity index (χ3n) is 6.58. The van der Waals surface area contributed by atoms with Crippen molar-refractivity contribution in [3.05, 3.63) is 71.8 Å². The molecule has 1 aliphatic rings. The molecule has 2 aromatic rings. The second-order valence-corrected chi connectivity index (χ2v) is 15.0. The summed E-state index contributed by atoms with van der Waals surface area (Å²) in [5, 5.41) is 22.0. The summed E-state index contributed by atoms with van der Waals surface area (Å²) in [7, 11) is -2.30. The minimum absolute atomic E-state index is 0.142. The van der Waals surface area contributed by atoms with Crippen molar-refractivity contribution in [2.75, 3.05) is 13.2 Å². The number of carbonyl (C=O) groups excluding carboxylic acids is 2. The highest BCUT2D eigenvalue weighted by Gasteiger charge is 2.57. The number of hydrogen-bond acceptors (Lipinski definition) is 8. The SMILES string of the molecule is CC(C)(C)[Si](C)(C)OC[C@@]1(O)O[C@H](COC(=O)c2ccccc2)[C@@H](OC(=O)c2ccccc2)[C@@H]1O. The Morgan fingerprint density at radius 3 is 2.00 bits per heavy atom. The Morgan fingerprint density at radius 1 is 0.971 bits per heavy atom. The summed E-state index contributed by atoms with van der Waals surface area (Å²) < 4.78 is 22.7. The van der Waals surface area contributed by atoms with Gasteiger partial charge in [0.1, 0.15) is 18.8 Å². The summed E-state index contributed by atoms with van der Waals surface area (Å²) in [4.78, 5) is 25.1. The van der Waals surface area contributed by atoms with Gasteiger partial charge in [-0.25, -0.2) is 9.59 Å². The van der Waals surface area contributed by atoms with Crippen LogP contribution in [0, 0.1) is 0 Å². The molecular formula is C26H34O8Si. The molecule has 0 aliphatic carbocycles. The Kier molecular flexibility index (Phi) is 8.18. The van der Waals surface area contributed by atoms with Gasteiger partial charge in [0.25, 0.3) is 0 Å². The van der Waals surface area contributed by atoms with Crippen LogP contribution in [0.25, 0.3) is 0 Å². The van der Waals surface area contributed by atoms with Gasteiger partial charge >= 0.3 is 11.9 Å². The van der Waals surface area contributed by atoms with Gasteiger partial charge in [0, 0.05) is 0 Å². The molecule has 0 amide bonds. The number of carbonyl (C=O) groups is 2. The van der Waals surface area contributed by atoms with Gasteiger partial charge in [0.2, 0.25) is 5.79 Å². The average Bonchev–Trinajstić information content (AvgIpc) is 3.06. The second-order valence-electron chi connectivity index (χ2n) is 10.2. The Balaban J connectivity index is 1.78. The third-order valence-corrected chi connectivity index (χ3v) is 11.1. The molecule has 0 radical (unpaired) electrons. The molecule has 2 N–H and O–H groups in total. The van der Waals surface area contributed by atoms with Crippen LogP contribution < -0.4 is 0 Å². The van der Waals surface area contributed by atoms with Gasteiger partial charge in [-0.05, 0) is 42.4 Å². The monoisotopic (exact) mass is 502 g/mol. The molecule has 1 heterocycles. The van der Waals surface area contributed by atoms with Crippen molar-refractivity contribution in [2.24, 2.45) is 0 Å². The number of hydrogen-bond donors (Lipinski definition) is 2. The second kappa shape index (κ2) is 10.6. The first kappa shape index (κ1) is 27.0. The fraction of sp³-hybridized carbons (Fsp3) is 0.462. The molecule has 9 heteroatoms.